The second-order valence-corrected chi connectivity index (χ2v) is 7.05. The molecule has 0 N–H and O–H groups in total. The van der Waals surface area contributed by atoms with Gasteiger partial charge in [-0.25, -0.2) is 9.78 Å². The summed E-state index contributed by atoms with van der Waals surface area (Å²) in [6.07, 6.45) is 2.63. The monoisotopic (exact) mass is 344 g/mol. The van der Waals surface area contributed by atoms with Crippen molar-refractivity contribution in [2.24, 2.45) is 0 Å². The molecule has 1 aromatic heterocycles. The molecule has 4 nitrogen and oxygen atoms in total. The zero-order valence-corrected chi connectivity index (χ0v) is 13.7. The Bertz CT molecular complexity index is 505. The van der Waals surface area contributed by atoms with Gasteiger partial charge in [0.2, 0.25) is 0 Å². The summed E-state index contributed by atoms with van der Waals surface area (Å²) in [5, 5.41) is 2.99. The highest BCUT2D eigenvalue weighted by Crippen LogP contribution is 2.27. The summed E-state index contributed by atoms with van der Waals surface area (Å²) >= 11 is 4.97. The number of carbonyl (C=O) groups is 1. The summed E-state index contributed by atoms with van der Waals surface area (Å²) in [5.74, 6) is 0. The zero-order valence-electron chi connectivity index (χ0n) is 11.3. The second kappa shape index (κ2) is 5.63. The Labute approximate surface area is 125 Å². The van der Waals surface area contributed by atoms with Crippen molar-refractivity contribution < 1.29 is 9.53 Å². The molecule has 2 heterocycles. The molecule has 1 aliphatic rings. The summed E-state index contributed by atoms with van der Waals surface area (Å²) < 4.78 is 6.22. The van der Waals surface area contributed by atoms with Gasteiger partial charge in [0.15, 0.2) is 0 Å². The van der Waals surface area contributed by atoms with Gasteiger partial charge in [-0.2, -0.15) is 0 Å². The lowest BCUT2D eigenvalue weighted by molar-refractivity contribution is 0.0270. The van der Waals surface area contributed by atoms with Crippen molar-refractivity contribution >= 4 is 38.9 Å². The van der Waals surface area contributed by atoms with Gasteiger partial charge in [-0.15, -0.1) is 11.3 Å². The number of hydrogen-bond acceptors (Lipinski definition) is 4. The largest absolute Gasteiger partial charge is 0.444 e. The molecule has 0 aliphatic carbocycles. The van der Waals surface area contributed by atoms with Crippen molar-refractivity contribution in [3.63, 3.8) is 0 Å². The van der Waals surface area contributed by atoms with Crippen molar-refractivity contribution in [2.75, 3.05) is 13.1 Å². The van der Waals surface area contributed by atoms with Gasteiger partial charge in [0, 0.05) is 18.5 Å². The number of rotatable bonds is 1. The molecule has 1 amide bonds. The number of nitrogens with zero attached hydrogens (tertiary/aromatic N) is 2. The van der Waals surface area contributed by atoms with Gasteiger partial charge in [-0.3, -0.25) is 0 Å². The molecule has 0 unspecified atom stereocenters. The predicted molar refractivity (Wildman–Crippen MR) is 80.2 cm³/mol. The van der Waals surface area contributed by atoms with Crippen molar-refractivity contribution in [2.45, 2.75) is 32.8 Å². The fraction of sp³-hybridized carbons (Fsp3) is 0.538. The molecule has 1 aromatic rings. The molecule has 0 radical (unpaired) electrons. The standard InChI is InChI=1S/C13H17BrN2O2S/c1-13(2,3)18-12(17)16-6-4-9(5-7-16)11-15-10(14)8-19-11/h4,8H,5-7H2,1-3H3. The van der Waals surface area contributed by atoms with E-state index in [-0.39, 0.29) is 6.09 Å². The zero-order chi connectivity index (χ0) is 14.0. The van der Waals surface area contributed by atoms with Gasteiger partial charge in [0.25, 0.3) is 0 Å². The maximum Gasteiger partial charge on any atom is 0.410 e. The van der Waals surface area contributed by atoms with Gasteiger partial charge in [-0.05, 0) is 48.7 Å². The summed E-state index contributed by atoms with van der Waals surface area (Å²) in [6, 6.07) is 0. The van der Waals surface area contributed by atoms with Crippen molar-refractivity contribution in [3.8, 4) is 0 Å². The highest BCUT2D eigenvalue weighted by molar-refractivity contribution is 9.10. The van der Waals surface area contributed by atoms with Gasteiger partial charge < -0.3 is 9.64 Å². The lowest BCUT2D eigenvalue weighted by atomic mass is 10.1. The first-order valence-corrected chi connectivity index (χ1v) is 7.81. The van der Waals surface area contributed by atoms with Gasteiger partial charge in [-0.1, -0.05) is 6.08 Å². The average molecular weight is 345 g/mol. The Morgan fingerprint density at radius 2 is 2.26 bits per heavy atom. The van der Waals surface area contributed by atoms with E-state index in [0.29, 0.717) is 13.1 Å². The number of hydrogen-bond donors (Lipinski definition) is 0. The number of ether oxygens (including phenoxy) is 1. The minimum atomic E-state index is -0.443. The number of amides is 1. The fourth-order valence-electron chi connectivity index (χ4n) is 1.76. The third kappa shape index (κ3) is 4.04. The van der Waals surface area contributed by atoms with Crippen LogP contribution in [0.4, 0.5) is 4.79 Å². The van der Waals surface area contributed by atoms with Crippen LogP contribution in [0.25, 0.3) is 5.57 Å². The molecule has 0 saturated heterocycles. The summed E-state index contributed by atoms with van der Waals surface area (Å²) in [6.45, 7) is 6.90. The molecule has 1 aliphatic heterocycles. The molecule has 0 fully saturated rings. The molecule has 104 valence electrons. The lowest BCUT2D eigenvalue weighted by Crippen LogP contribution is -2.39. The average Bonchev–Trinajstić information content (AvgIpc) is 2.74. The molecule has 6 heteroatoms. The van der Waals surface area contributed by atoms with E-state index in [1.807, 2.05) is 26.2 Å². The van der Waals surface area contributed by atoms with Crippen LogP contribution in [0.2, 0.25) is 0 Å². The van der Waals surface area contributed by atoms with Crippen LogP contribution in [0.5, 0.6) is 0 Å². The summed E-state index contributed by atoms with van der Waals surface area (Å²) in [7, 11) is 0. The first kappa shape index (κ1) is 14.5. The fourth-order valence-corrected chi connectivity index (χ4v) is 3.08. The van der Waals surface area contributed by atoms with E-state index in [9.17, 15) is 4.79 Å². The summed E-state index contributed by atoms with van der Waals surface area (Å²) in [5.41, 5.74) is 0.761. The Balaban J connectivity index is 1.98. The smallest absolute Gasteiger partial charge is 0.410 e. The minimum absolute atomic E-state index is 0.247. The van der Waals surface area contributed by atoms with E-state index in [0.717, 1.165) is 16.0 Å². The van der Waals surface area contributed by atoms with E-state index < -0.39 is 5.60 Å². The molecule has 0 bridgehead atoms. The third-order valence-electron chi connectivity index (χ3n) is 2.61. The molecule has 0 spiro atoms. The van der Waals surface area contributed by atoms with E-state index in [1.165, 1.54) is 5.57 Å². The Kier molecular flexibility index (Phi) is 4.30. The van der Waals surface area contributed by atoms with Gasteiger partial charge in [0.05, 0.1) is 0 Å². The first-order valence-electron chi connectivity index (χ1n) is 6.13. The number of aromatic nitrogens is 1. The molecule has 0 aromatic carbocycles. The van der Waals surface area contributed by atoms with Crippen molar-refractivity contribution in [1.29, 1.82) is 0 Å². The van der Waals surface area contributed by atoms with Crippen molar-refractivity contribution in [1.82, 2.24) is 9.88 Å². The quantitative estimate of drug-likeness (QED) is 0.775. The van der Waals surface area contributed by atoms with Gasteiger partial charge in [0.1, 0.15) is 15.2 Å². The topological polar surface area (TPSA) is 42.4 Å². The number of carbonyl (C=O) groups excluding carboxylic acids is 1. The number of halogens is 1. The maximum atomic E-state index is 11.9. The Hall–Kier alpha value is -0.880. The molecule has 0 atom stereocenters. The van der Waals surface area contributed by atoms with E-state index in [1.54, 1.807) is 16.2 Å². The van der Waals surface area contributed by atoms with Crippen LogP contribution in [0, 0.1) is 0 Å². The van der Waals surface area contributed by atoms with Crippen LogP contribution in [-0.4, -0.2) is 34.7 Å². The normalized spacial score (nSPS) is 16.2. The van der Waals surface area contributed by atoms with E-state index in [2.05, 4.69) is 27.0 Å². The van der Waals surface area contributed by atoms with Crippen LogP contribution in [0.3, 0.4) is 0 Å². The SMILES string of the molecule is CC(C)(C)OC(=O)N1CC=C(c2nc(Br)cs2)CC1. The van der Waals surface area contributed by atoms with Crippen LogP contribution in [-0.2, 0) is 4.74 Å². The molecular formula is C13H17BrN2O2S. The van der Waals surface area contributed by atoms with Crippen molar-refractivity contribution in [3.05, 3.63) is 21.1 Å². The molecule has 2 rings (SSSR count). The van der Waals surface area contributed by atoms with Crippen LogP contribution < -0.4 is 0 Å². The lowest BCUT2D eigenvalue weighted by Gasteiger charge is -2.29. The highest BCUT2D eigenvalue weighted by atomic mass is 79.9. The van der Waals surface area contributed by atoms with Crippen LogP contribution >= 0.6 is 27.3 Å². The second-order valence-electron chi connectivity index (χ2n) is 5.38. The third-order valence-corrected chi connectivity index (χ3v) is 4.24. The van der Waals surface area contributed by atoms with E-state index >= 15 is 0 Å². The van der Waals surface area contributed by atoms with Crippen LogP contribution in [0.15, 0.2) is 16.1 Å². The molecule has 0 saturated carbocycles. The Morgan fingerprint density at radius 1 is 1.53 bits per heavy atom. The van der Waals surface area contributed by atoms with Gasteiger partial charge >= 0.3 is 6.09 Å². The first-order chi connectivity index (χ1) is 8.85. The minimum Gasteiger partial charge on any atom is -0.444 e. The Morgan fingerprint density at radius 3 is 2.74 bits per heavy atom. The summed E-state index contributed by atoms with van der Waals surface area (Å²) in [4.78, 5) is 18.0. The van der Waals surface area contributed by atoms with Crippen LogP contribution in [0.1, 0.15) is 32.2 Å². The molecule has 19 heavy (non-hydrogen) atoms. The maximum absolute atomic E-state index is 11.9. The number of thiazole rings is 1. The molecular weight excluding hydrogens is 328 g/mol. The highest BCUT2D eigenvalue weighted by Gasteiger charge is 2.24. The van der Waals surface area contributed by atoms with E-state index in [4.69, 9.17) is 4.74 Å². The predicted octanol–water partition coefficient (Wildman–Crippen LogP) is 3.93.